The zero-order valence-corrected chi connectivity index (χ0v) is 23.3. The van der Waals surface area contributed by atoms with Crippen LogP contribution in [-0.2, 0) is 20.5 Å². The molecule has 0 saturated carbocycles. The summed E-state index contributed by atoms with van der Waals surface area (Å²) in [7, 11) is -1.61. The smallest absolute Gasteiger partial charge is 0.253 e. The van der Waals surface area contributed by atoms with E-state index in [-0.39, 0.29) is 29.3 Å². The molecule has 1 aromatic carbocycles. The average molecular weight is 533 g/mol. The summed E-state index contributed by atoms with van der Waals surface area (Å²) < 4.78 is 36.0. The largest absolute Gasteiger partial charge is 0.375 e. The topological polar surface area (TPSA) is 118 Å². The van der Waals surface area contributed by atoms with Crippen molar-refractivity contribution in [3.63, 3.8) is 0 Å². The average Bonchev–Trinajstić information content (AvgIpc) is 3.32. The number of nitrogens with zero attached hydrogens (tertiary/aromatic N) is 4. The Bertz CT molecular complexity index is 1200. The van der Waals surface area contributed by atoms with Gasteiger partial charge in [0.1, 0.15) is 0 Å². The third kappa shape index (κ3) is 6.95. The summed E-state index contributed by atoms with van der Waals surface area (Å²) in [5.74, 6) is -0.243. The molecule has 2 fully saturated rings. The van der Waals surface area contributed by atoms with Gasteiger partial charge < -0.3 is 15.0 Å². The number of amides is 1. The predicted octanol–water partition coefficient (Wildman–Crippen LogP) is 2.80. The van der Waals surface area contributed by atoms with Crippen molar-refractivity contribution in [2.45, 2.75) is 82.4 Å². The van der Waals surface area contributed by atoms with E-state index in [1.807, 2.05) is 22.8 Å². The number of sulfonamides is 1. The van der Waals surface area contributed by atoms with Crippen LogP contribution in [0.5, 0.6) is 0 Å². The maximum atomic E-state index is 13.3. The Balaban J connectivity index is 1.37. The molecule has 2 aliphatic heterocycles. The van der Waals surface area contributed by atoms with Crippen LogP contribution in [0.3, 0.4) is 0 Å². The van der Waals surface area contributed by atoms with E-state index in [4.69, 9.17) is 4.74 Å². The summed E-state index contributed by atoms with van der Waals surface area (Å²) >= 11 is 0. The highest BCUT2D eigenvalue weighted by Crippen LogP contribution is 2.39. The Labute approximate surface area is 220 Å². The van der Waals surface area contributed by atoms with Gasteiger partial charge in [-0.15, -0.1) is 5.10 Å². The third-order valence-electron chi connectivity index (χ3n) is 7.20. The minimum atomic E-state index is -3.52. The number of aromatic nitrogens is 3. The van der Waals surface area contributed by atoms with Gasteiger partial charge in [0.2, 0.25) is 10.0 Å². The van der Waals surface area contributed by atoms with E-state index in [1.165, 1.54) is 0 Å². The van der Waals surface area contributed by atoms with Gasteiger partial charge >= 0.3 is 0 Å². The van der Waals surface area contributed by atoms with Gasteiger partial charge in [0.25, 0.3) is 5.91 Å². The molecule has 0 radical (unpaired) electrons. The van der Waals surface area contributed by atoms with Crippen LogP contribution in [0.25, 0.3) is 0 Å². The molecule has 0 aliphatic carbocycles. The van der Waals surface area contributed by atoms with Crippen LogP contribution in [0.2, 0.25) is 0 Å². The summed E-state index contributed by atoms with van der Waals surface area (Å²) in [6.07, 6.45) is 5.27. The molecule has 3 heterocycles. The number of hydrogen-bond acceptors (Lipinski definition) is 7. The van der Waals surface area contributed by atoms with E-state index < -0.39 is 15.6 Å². The van der Waals surface area contributed by atoms with E-state index in [0.29, 0.717) is 30.8 Å². The minimum Gasteiger partial charge on any atom is -0.375 e. The van der Waals surface area contributed by atoms with Crippen LogP contribution in [0, 0.1) is 0 Å². The number of carbonyl (C=O) groups is 1. The van der Waals surface area contributed by atoms with Crippen molar-refractivity contribution in [3.8, 4) is 0 Å². The van der Waals surface area contributed by atoms with E-state index in [9.17, 15) is 13.2 Å². The fraction of sp³-hybridized carbons (Fsp3) is 0.654. The molecule has 2 atom stereocenters. The van der Waals surface area contributed by atoms with Crippen LogP contribution in [0.4, 0.5) is 0 Å². The normalized spacial score (nSPS) is 21.2. The first-order chi connectivity index (χ1) is 17.4. The van der Waals surface area contributed by atoms with Gasteiger partial charge in [0, 0.05) is 36.8 Å². The number of ether oxygens (including phenoxy) is 1. The number of carbonyl (C=O) groups excluding carboxylic acids is 1. The van der Waals surface area contributed by atoms with E-state index in [0.717, 1.165) is 31.4 Å². The van der Waals surface area contributed by atoms with Crippen molar-refractivity contribution in [3.05, 3.63) is 47.3 Å². The van der Waals surface area contributed by atoms with E-state index >= 15 is 0 Å². The molecule has 2 saturated heterocycles. The predicted molar refractivity (Wildman–Crippen MR) is 142 cm³/mol. The summed E-state index contributed by atoms with van der Waals surface area (Å²) in [6, 6.07) is 7.30. The zero-order chi connectivity index (χ0) is 26.8. The molecule has 2 N–H and O–H groups in total. The summed E-state index contributed by atoms with van der Waals surface area (Å²) in [6.45, 7) is 9.33. The third-order valence-corrected chi connectivity index (χ3v) is 8.84. The highest BCUT2D eigenvalue weighted by Gasteiger charge is 2.42. The standard InChI is InChI=1S/C26H40N6O4S/c1-19(27-5)23-17-32(30-28-23)22-9-14-36-26(16-22)10-12-31(13-11-26)24(33)21-8-6-7-20(15-21)18-37(34,35)29-25(2,3)4/h6-8,15,17,19,22,27,29H,9-14,16,18H2,1-5H3. The lowest BCUT2D eigenvalue weighted by molar-refractivity contribution is -0.122. The van der Waals surface area contributed by atoms with Crippen LogP contribution in [0.15, 0.2) is 30.5 Å². The minimum absolute atomic E-state index is 0.0767. The molecule has 10 nitrogen and oxygen atoms in total. The maximum Gasteiger partial charge on any atom is 0.253 e. The number of hydrogen-bond donors (Lipinski definition) is 2. The molecule has 2 aromatic rings. The van der Waals surface area contributed by atoms with Crippen LogP contribution >= 0.6 is 0 Å². The second kappa shape index (κ2) is 10.8. The molecule has 0 bridgehead atoms. The number of likely N-dealkylation sites (tertiary alicyclic amines) is 1. The lowest BCUT2D eigenvalue weighted by Crippen LogP contribution is -2.51. The van der Waals surface area contributed by atoms with E-state index in [1.54, 1.807) is 45.0 Å². The highest BCUT2D eigenvalue weighted by atomic mass is 32.2. The number of rotatable bonds is 7. The Morgan fingerprint density at radius 3 is 2.68 bits per heavy atom. The molecule has 4 rings (SSSR count). The first-order valence-electron chi connectivity index (χ1n) is 13.0. The Morgan fingerprint density at radius 2 is 2.00 bits per heavy atom. The molecule has 204 valence electrons. The van der Waals surface area contributed by atoms with Crippen molar-refractivity contribution >= 4 is 15.9 Å². The molecular weight excluding hydrogens is 492 g/mol. The number of benzene rings is 1. The Hall–Kier alpha value is -2.34. The van der Waals surface area contributed by atoms with Gasteiger partial charge in [-0.2, -0.15) is 0 Å². The van der Waals surface area contributed by atoms with Gasteiger partial charge in [-0.1, -0.05) is 17.3 Å². The van der Waals surface area contributed by atoms with Gasteiger partial charge in [-0.3, -0.25) is 4.79 Å². The number of piperidine rings is 1. The molecule has 2 aliphatic rings. The van der Waals surface area contributed by atoms with Gasteiger partial charge in [-0.25, -0.2) is 17.8 Å². The van der Waals surface area contributed by atoms with Crippen molar-refractivity contribution in [1.29, 1.82) is 0 Å². The lowest BCUT2D eigenvalue weighted by atomic mass is 9.82. The molecule has 37 heavy (non-hydrogen) atoms. The number of nitrogens with one attached hydrogen (secondary N) is 2. The van der Waals surface area contributed by atoms with Crippen molar-refractivity contribution in [2.75, 3.05) is 26.7 Å². The van der Waals surface area contributed by atoms with Crippen molar-refractivity contribution in [1.82, 2.24) is 29.9 Å². The molecule has 1 spiro atoms. The second-order valence-electron chi connectivity index (χ2n) is 11.4. The van der Waals surface area contributed by atoms with Crippen LogP contribution in [0.1, 0.15) is 87.1 Å². The summed E-state index contributed by atoms with van der Waals surface area (Å²) in [4.78, 5) is 15.1. The summed E-state index contributed by atoms with van der Waals surface area (Å²) in [5, 5.41) is 11.9. The molecular formula is C26H40N6O4S. The summed E-state index contributed by atoms with van der Waals surface area (Å²) in [5.41, 5.74) is 1.20. The molecule has 2 unspecified atom stereocenters. The zero-order valence-electron chi connectivity index (χ0n) is 22.5. The van der Waals surface area contributed by atoms with Gasteiger partial charge in [0.15, 0.2) is 0 Å². The van der Waals surface area contributed by atoms with E-state index in [2.05, 4.69) is 27.3 Å². The van der Waals surface area contributed by atoms with Crippen LogP contribution < -0.4 is 10.0 Å². The second-order valence-corrected chi connectivity index (χ2v) is 13.1. The van der Waals surface area contributed by atoms with Gasteiger partial charge in [-0.05, 0) is 78.1 Å². The maximum absolute atomic E-state index is 13.3. The van der Waals surface area contributed by atoms with Crippen LogP contribution in [-0.4, -0.2) is 72.1 Å². The molecule has 11 heteroatoms. The van der Waals surface area contributed by atoms with Crippen molar-refractivity contribution < 1.29 is 17.9 Å². The first kappa shape index (κ1) is 27.7. The Morgan fingerprint density at radius 1 is 1.27 bits per heavy atom. The van der Waals surface area contributed by atoms with Crippen molar-refractivity contribution in [2.24, 2.45) is 0 Å². The SMILES string of the molecule is CNC(C)c1cn(C2CCOC3(CCN(C(=O)c4cccc(CS(=O)(=O)NC(C)(C)C)c4)CC3)C2)nn1. The lowest BCUT2D eigenvalue weighted by Gasteiger charge is -2.46. The molecule has 1 amide bonds. The quantitative estimate of drug-likeness (QED) is 0.563. The fourth-order valence-corrected chi connectivity index (χ4v) is 6.83. The highest BCUT2D eigenvalue weighted by molar-refractivity contribution is 7.88. The fourth-order valence-electron chi connectivity index (χ4n) is 5.21. The first-order valence-corrected chi connectivity index (χ1v) is 14.7. The molecule has 1 aromatic heterocycles. The van der Waals surface area contributed by atoms with Gasteiger partial charge in [0.05, 0.1) is 29.3 Å². The Kier molecular flexibility index (Phi) is 8.08. The monoisotopic (exact) mass is 532 g/mol.